The molecule has 2 heteroatoms. The Bertz CT molecular complexity index is 1160. The van der Waals surface area contributed by atoms with E-state index in [-0.39, 0.29) is 0 Å². The highest BCUT2D eigenvalue weighted by Crippen LogP contribution is 2.41. The van der Waals surface area contributed by atoms with Crippen LogP contribution in [0.5, 0.6) is 5.75 Å². The summed E-state index contributed by atoms with van der Waals surface area (Å²) in [5.74, 6) is 1.97. The van der Waals surface area contributed by atoms with Gasteiger partial charge < -0.3 is 10.1 Å². The molecule has 0 aliphatic heterocycles. The van der Waals surface area contributed by atoms with Gasteiger partial charge in [-0.3, -0.25) is 0 Å². The third-order valence-electron chi connectivity index (χ3n) is 6.95. The standard InChI is InChI=1S/C32H33NO/c1-4-10-25(11-5-1)20-21-33-23-29-17-16-28-22-30(34-24-26-12-6-2-7-13-26)18-19-31(28)32(29)27-14-8-3-9-15-27/h1-15,18-19,22,29,32-33H,16-17,20-21,23-24H2/t29-,32+/m1/s1. The summed E-state index contributed by atoms with van der Waals surface area (Å²) in [6.45, 7) is 2.66. The molecule has 1 aliphatic carbocycles. The van der Waals surface area contributed by atoms with Crippen LogP contribution in [0.1, 0.15) is 40.2 Å². The third kappa shape index (κ3) is 5.58. The lowest BCUT2D eigenvalue weighted by Crippen LogP contribution is -2.32. The Morgan fingerprint density at radius 1 is 0.735 bits per heavy atom. The van der Waals surface area contributed by atoms with Crippen LogP contribution >= 0.6 is 0 Å². The summed E-state index contributed by atoms with van der Waals surface area (Å²) in [5, 5.41) is 3.76. The Morgan fingerprint density at radius 2 is 1.41 bits per heavy atom. The van der Waals surface area contributed by atoms with E-state index in [9.17, 15) is 0 Å². The average molecular weight is 448 g/mol. The molecule has 0 heterocycles. The van der Waals surface area contributed by atoms with Crippen molar-refractivity contribution in [3.05, 3.63) is 137 Å². The minimum absolute atomic E-state index is 0.414. The molecule has 34 heavy (non-hydrogen) atoms. The van der Waals surface area contributed by atoms with E-state index in [1.54, 1.807) is 0 Å². The zero-order chi connectivity index (χ0) is 23.0. The van der Waals surface area contributed by atoms with Crippen LogP contribution in [-0.2, 0) is 19.4 Å². The van der Waals surface area contributed by atoms with Gasteiger partial charge in [0.25, 0.3) is 0 Å². The van der Waals surface area contributed by atoms with Gasteiger partial charge in [0.1, 0.15) is 12.4 Å². The number of benzene rings is 4. The normalized spacial score (nSPS) is 17.2. The molecule has 0 spiro atoms. The van der Waals surface area contributed by atoms with Gasteiger partial charge in [0.2, 0.25) is 0 Å². The van der Waals surface area contributed by atoms with Gasteiger partial charge >= 0.3 is 0 Å². The number of nitrogens with one attached hydrogen (secondary N) is 1. The maximum absolute atomic E-state index is 6.14. The molecule has 0 aromatic heterocycles. The highest BCUT2D eigenvalue weighted by atomic mass is 16.5. The predicted octanol–water partition coefficient (Wildman–Crippen LogP) is 6.79. The van der Waals surface area contributed by atoms with Crippen molar-refractivity contribution in [3.63, 3.8) is 0 Å². The minimum atomic E-state index is 0.414. The molecule has 2 nitrogen and oxygen atoms in total. The molecule has 0 amide bonds. The van der Waals surface area contributed by atoms with E-state index in [1.165, 1.54) is 34.2 Å². The molecule has 1 aliphatic rings. The Kier molecular flexibility index (Phi) is 7.37. The van der Waals surface area contributed by atoms with E-state index in [0.29, 0.717) is 18.4 Å². The predicted molar refractivity (Wildman–Crippen MR) is 140 cm³/mol. The highest BCUT2D eigenvalue weighted by molar-refractivity contribution is 5.45. The SMILES string of the molecule is c1ccc(CCNC[C@H]2CCc3cc(OCc4ccccc4)ccc3[C@H]2c2ccccc2)cc1. The minimum Gasteiger partial charge on any atom is -0.489 e. The van der Waals surface area contributed by atoms with Crippen LogP contribution in [0, 0.1) is 5.92 Å². The van der Waals surface area contributed by atoms with Crippen LogP contribution in [0.3, 0.4) is 0 Å². The van der Waals surface area contributed by atoms with Crippen LogP contribution in [0.15, 0.2) is 109 Å². The fourth-order valence-electron chi connectivity index (χ4n) is 5.19. The van der Waals surface area contributed by atoms with Crippen molar-refractivity contribution >= 4 is 0 Å². The lowest BCUT2D eigenvalue weighted by Gasteiger charge is -2.34. The maximum atomic E-state index is 6.14. The van der Waals surface area contributed by atoms with E-state index >= 15 is 0 Å². The van der Waals surface area contributed by atoms with Crippen molar-refractivity contribution < 1.29 is 4.74 Å². The maximum Gasteiger partial charge on any atom is 0.120 e. The van der Waals surface area contributed by atoms with Crippen molar-refractivity contribution in [3.8, 4) is 5.75 Å². The molecular weight excluding hydrogens is 414 g/mol. The molecule has 4 aromatic carbocycles. The fraction of sp³-hybridized carbons (Fsp3) is 0.250. The molecule has 0 fully saturated rings. The van der Waals surface area contributed by atoms with Crippen LogP contribution in [0.25, 0.3) is 0 Å². The average Bonchev–Trinajstić information content (AvgIpc) is 2.91. The lowest BCUT2D eigenvalue weighted by atomic mass is 9.71. The van der Waals surface area contributed by atoms with Gasteiger partial charge in [0.05, 0.1) is 0 Å². The quantitative estimate of drug-likeness (QED) is 0.285. The van der Waals surface area contributed by atoms with Gasteiger partial charge in [-0.25, -0.2) is 0 Å². The molecule has 0 unspecified atom stereocenters. The summed E-state index contributed by atoms with van der Waals surface area (Å²) < 4.78 is 6.14. The first-order valence-electron chi connectivity index (χ1n) is 12.5. The summed E-state index contributed by atoms with van der Waals surface area (Å²) in [4.78, 5) is 0. The van der Waals surface area contributed by atoms with Crippen LogP contribution in [-0.4, -0.2) is 13.1 Å². The molecule has 5 rings (SSSR count). The summed E-state index contributed by atoms with van der Waals surface area (Å²) in [6.07, 6.45) is 3.36. The molecule has 172 valence electrons. The molecule has 2 atom stereocenters. The summed E-state index contributed by atoms with van der Waals surface area (Å²) in [5.41, 5.74) is 6.89. The molecule has 0 saturated carbocycles. The second kappa shape index (κ2) is 11.2. The molecule has 1 N–H and O–H groups in total. The lowest BCUT2D eigenvalue weighted by molar-refractivity contribution is 0.304. The van der Waals surface area contributed by atoms with Crippen molar-refractivity contribution in [1.29, 1.82) is 0 Å². The van der Waals surface area contributed by atoms with Gasteiger partial charge in [0.15, 0.2) is 0 Å². The zero-order valence-corrected chi connectivity index (χ0v) is 19.7. The zero-order valence-electron chi connectivity index (χ0n) is 19.7. The number of aryl methyl sites for hydroxylation is 1. The van der Waals surface area contributed by atoms with Gasteiger partial charge in [-0.1, -0.05) is 97.1 Å². The number of fused-ring (bicyclic) bond motifs is 1. The molecular formula is C32H33NO. The molecule has 0 saturated heterocycles. The summed E-state index contributed by atoms with van der Waals surface area (Å²) in [7, 11) is 0. The van der Waals surface area contributed by atoms with E-state index in [1.807, 2.05) is 6.07 Å². The van der Waals surface area contributed by atoms with E-state index in [2.05, 4.69) is 108 Å². The third-order valence-corrected chi connectivity index (χ3v) is 6.95. The van der Waals surface area contributed by atoms with E-state index in [0.717, 1.165) is 31.7 Å². The van der Waals surface area contributed by atoms with Gasteiger partial charge in [-0.15, -0.1) is 0 Å². The topological polar surface area (TPSA) is 21.3 Å². The second-order valence-corrected chi connectivity index (χ2v) is 9.26. The van der Waals surface area contributed by atoms with Crippen LogP contribution in [0.4, 0.5) is 0 Å². The van der Waals surface area contributed by atoms with E-state index < -0.39 is 0 Å². The molecule has 0 radical (unpaired) electrons. The Hall–Kier alpha value is -3.36. The molecule has 4 aromatic rings. The number of hydrogen-bond donors (Lipinski definition) is 1. The number of ether oxygens (including phenoxy) is 1. The number of hydrogen-bond acceptors (Lipinski definition) is 2. The van der Waals surface area contributed by atoms with Crippen LogP contribution < -0.4 is 10.1 Å². The number of rotatable bonds is 9. The second-order valence-electron chi connectivity index (χ2n) is 9.26. The van der Waals surface area contributed by atoms with Gasteiger partial charge in [-0.2, -0.15) is 0 Å². The first kappa shape index (κ1) is 22.4. The molecule has 0 bridgehead atoms. The Labute approximate surface area is 203 Å². The van der Waals surface area contributed by atoms with Crippen molar-refractivity contribution in [2.45, 2.75) is 31.8 Å². The summed E-state index contributed by atoms with van der Waals surface area (Å²) >= 11 is 0. The largest absolute Gasteiger partial charge is 0.489 e. The Morgan fingerprint density at radius 3 is 2.15 bits per heavy atom. The first-order valence-corrected chi connectivity index (χ1v) is 12.5. The first-order chi connectivity index (χ1) is 16.9. The van der Waals surface area contributed by atoms with Gasteiger partial charge in [-0.05, 0) is 78.2 Å². The van der Waals surface area contributed by atoms with Gasteiger partial charge in [0, 0.05) is 5.92 Å². The smallest absolute Gasteiger partial charge is 0.120 e. The monoisotopic (exact) mass is 447 g/mol. The van der Waals surface area contributed by atoms with E-state index in [4.69, 9.17) is 4.74 Å². The summed E-state index contributed by atoms with van der Waals surface area (Å²) in [6, 6.07) is 38.9. The van der Waals surface area contributed by atoms with Crippen molar-refractivity contribution in [1.82, 2.24) is 5.32 Å². The van der Waals surface area contributed by atoms with Crippen molar-refractivity contribution in [2.75, 3.05) is 13.1 Å². The highest BCUT2D eigenvalue weighted by Gasteiger charge is 2.30. The van der Waals surface area contributed by atoms with Crippen molar-refractivity contribution in [2.24, 2.45) is 5.92 Å². The Balaban J connectivity index is 1.29. The fourth-order valence-corrected chi connectivity index (χ4v) is 5.19. The van der Waals surface area contributed by atoms with Crippen LogP contribution in [0.2, 0.25) is 0 Å².